The molecule has 4 amide bonds. The van der Waals surface area contributed by atoms with Gasteiger partial charge >= 0.3 is 12.1 Å². The Morgan fingerprint density at radius 2 is 0.809 bits per heavy atom. The van der Waals surface area contributed by atoms with E-state index in [1.54, 1.807) is 121 Å². The van der Waals surface area contributed by atoms with Gasteiger partial charge in [-0.3, -0.25) is 0 Å². The van der Waals surface area contributed by atoms with E-state index < -0.39 is 32.1 Å². The van der Waals surface area contributed by atoms with Gasteiger partial charge in [0, 0.05) is 22.1 Å². The number of nitrogens with one attached hydrogen (secondary N) is 4. The summed E-state index contributed by atoms with van der Waals surface area (Å²) in [4.78, 5) is 25.1. The zero-order valence-corrected chi connectivity index (χ0v) is 26.3. The SMILES string of the molecule is O=C(Nc1ccc(Cc2ccc(NC(=O)NS(=O)(=O)c3cccc4ccccc34)cc2)cc1)NS(=O)(=O)c1cccc2ccccc12. The highest BCUT2D eigenvalue weighted by molar-refractivity contribution is 7.90. The Bertz CT molecular complexity index is 2170. The third kappa shape index (κ3) is 7.24. The Morgan fingerprint density at radius 1 is 0.447 bits per heavy atom. The summed E-state index contributed by atoms with van der Waals surface area (Å²) in [5.41, 5.74) is 2.64. The molecule has 0 aromatic heterocycles. The number of carbonyl (C=O) groups excluding carboxylic acids is 2. The molecule has 12 heteroatoms. The summed E-state index contributed by atoms with van der Waals surface area (Å²) >= 11 is 0. The quantitative estimate of drug-likeness (QED) is 0.144. The van der Waals surface area contributed by atoms with E-state index in [0.717, 1.165) is 21.9 Å². The van der Waals surface area contributed by atoms with Crippen LogP contribution in [0.5, 0.6) is 0 Å². The van der Waals surface area contributed by atoms with Gasteiger partial charge in [0.05, 0.1) is 9.79 Å². The standard InChI is InChI=1S/C35H28N4O6S2/c40-34(38-46(42,43)32-13-5-9-26-7-1-3-11-30(26)32)36-28-19-15-24(16-20-28)23-25-17-21-29(22-18-25)37-35(41)39-47(44,45)33-14-6-10-27-8-2-4-12-31(27)33/h1-22H,23H2,(H2,36,38,40)(H2,37,39,41). The van der Waals surface area contributed by atoms with Crippen LogP contribution in [0.4, 0.5) is 21.0 Å². The topological polar surface area (TPSA) is 151 Å². The fourth-order valence-corrected chi connectivity index (χ4v) is 7.45. The molecule has 0 spiro atoms. The van der Waals surface area contributed by atoms with Crippen molar-refractivity contribution in [3.05, 3.63) is 145 Å². The van der Waals surface area contributed by atoms with Crippen molar-refractivity contribution in [2.75, 3.05) is 10.6 Å². The molecule has 4 N–H and O–H groups in total. The largest absolute Gasteiger partial charge is 0.333 e. The maximum Gasteiger partial charge on any atom is 0.333 e. The molecule has 6 aromatic rings. The van der Waals surface area contributed by atoms with Gasteiger partial charge in [0.15, 0.2) is 0 Å². The van der Waals surface area contributed by atoms with Crippen LogP contribution in [0.1, 0.15) is 11.1 Å². The van der Waals surface area contributed by atoms with Crippen LogP contribution in [-0.2, 0) is 26.5 Å². The van der Waals surface area contributed by atoms with Crippen LogP contribution in [0.25, 0.3) is 21.5 Å². The number of carbonyl (C=O) groups is 2. The second kappa shape index (κ2) is 12.9. The van der Waals surface area contributed by atoms with Crippen molar-refractivity contribution in [2.24, 2.45) is 0 Å². The first-order chi connectivity index (χ1) is 22.6. The normalized spacial score (nSPS) is 11.6. The van der Waals surface area contributed by atoms with Crippen LogP contribution in [-0.4, -0.2) is 28.9 Å². The van der Waals surface area contributed by atoms with Crippen LogP contribution in [0.15, 0.2) is 143 Å². The van der Waals surface area contributed by atoms with Gasteiger partial charge in [0.1, 0.15) is 0 Å². The van der Waals surface area contributed by atoms with Gasteiger partial charge in [-0.1, -0.05) is 97.1 Å². The number of sulfonamides is 2. The Labute approximate surface area is 271 Å². The molecule has 0 unspecified atom stereocenters. The number of hydrogen-bond acceptors (Lipinski definition) is 6. The first kappa shape index (κ1) is 31.3. The highest BCUT2D eigenvalue weighted by atomic mass is 32.2. The number of anilines is 2. The summed E-state index contributed by atoms with van der Waals surface area (Å²) in [6.45, 7) is 0. The molecule has 0 heterocycles. The predicted molar refractivity (Wildman–Crippen MR) is 182 cm³/mol. The van der Waals surface area contributed by atoms with Gasteiger partial charge in [0.25, 0.3) is 20.0 Å². The zero-order chi connectivity index (χ0) is 33.0. The third-order valence-corrected chi connectivity index (χ3v) is 10.1. The van der Waals surface area contributed by atoms with Gasteiger partial charge in [-0.25, -0.2) is 35.9 Å². The van der Waals surface area contributed by atoms with Crippen LogP contribution >= 0.6 is 0 Å². The molecule has 236 valence electrons. The highest BCUT2D eigenvalue weighted by Crippen LogP contribution is 2.24. The first-order valence-electron chi connectivity index (χ1n) is 14.4. The molecule has 0 fully saturated rings. The number of benzene rings is 6. The lowest BCUT2D eigenvalue weighted by Crippen LogP contribution is -2.34. The summed E-state index contributed by atoms with van der Waals surface area (Å²) < 4.78 is 55.8. The molecule has 0 aliphatic carbocycles. The maximum absolute atomic E-state index is 12.9. The highest BCUT2D eigenvalue weighted by Gasteiger charge is 2.21. The molecule has 0 aliphatic heterocycles. The van der Waals surface area contributed by atoms with Crippen molar-refractivity contribution in [3.8, 4) is 0 Å². The molecule has 47 heavy (non-hydrogen) atoms. The molecule has 0 bridgehead atoms. The van der Waals surface area contributed by atoms with Crippen molar-refractivity contribution in [1.82, 2.24) is 9.44 Å². The molecule has 6 rings (SSSR count). The Kier molecular flexibility index (Phi) is 8.61. The van der Waals surface area contributed by atoms with Crippen molar-refractivity contribution in [1.29, 1.82) is 0 Å². The van der Waals surface area contributed by atoms with Crippen LogP contribution in [0.2, 0.25) is 0 Å². The summed E-state index contributed by atoms with van der Waals surface area (Å²) in [6.07, 6.45) is 0.532. The molecule has 0 saturated carbocycles. The number of hydrogen-bond donors (Lipinski definition) is 4. The minimum Gasteiger partial charge on any atom is -0.307 e. The smallest absolute Gasteiger partial charge is 0.307 e. The van der Waals surface area contributed by atoms with Gasteiger partial charge in [-0.2, -0.15) is 0 Å². The van der Waals surface area contributed by atoms with E-state index in [4.69, 9.17) is 0 Å². The van der Waals surface area contributed by atoms with Gasteiger partial charge < -0.3 is 10.6 Å². The number of urea groups is 2. The number of rotatable bonds is 8. The average molecular weight is 665 g/mol. The van der Waals surface area contributed by atoms with Crippen LogP contribution in [0, 0.1) is 0 Å². The van der Waals surface area contributed by atoms with Gasteiger partial charge in [0.2, 0.25) is 0 Å². The number of amides is 4. The predicted octanol–water partition coefficient (Wildman–Crippen LogP) is 6.60. The third-order valence-electron chi connectivity index (χ3n) is 7.36. The second-order valence-electron chi connectivity index (χ2n) is 10.6. The molecule has 0 atom stereocenters. The summed E-state index contributed by atoms with van der Waals surface area (Å²) in [7, 11) is -8.24. The molecule has 6 aromatic carbocycles. The zero-order valence-electron chi connectivity index (χ0n) is 24.7. The van der Waals surface area contributed by atoms with Crippen molar-refractivity contribution in [2.45, 2.75) is 16.2 Å². The van der Waals surface area contributed by atoms with E-state index in [1.807, 2.05) is 0 Å². The van der Waals surface area contributed by atoms with Crippen molar-refractivity contribution < 1.29 is 26.4 Å². The molecular formula is C35H28N4O6S2. The minimum atomic E-state index is -4.12. The fourth-order valence-electron chi connectivity index (χ4n) is 5.17. The van der Waals surface area contributed by atoms with E-state index in [9.17, 15) is 26.4 Å². The molecule has 0 saturated heterocycles. The van der Waals surface area contributed by atoms with E-state index in [-0.39, 0.29) is 9.79 Å². The number of fused-ring (bicyclic) bond motifs is 2. The van der Waals surface area contributed by atoms with E-state index in [0.29, 0.717) is 28.6 Å². The summed E-state index contributed by atoms with van der Waals surface area (Å²) in [5, 5.41) is 7.60. The first-order valence-corrected chi connectivity index (χ1v) is 17.4. The van der Waals surface area contributed by atoms with Crippen LogP contribution in [0.3, 0.4) is 0 Å². The van der Waals surface area contributed by atoms with Gasteiger partial charge in [-0.05, 0) is 64.7 Å². The lowest BCUT2D eigenvalue weighted by atomic mass is 10.0. The van der Waals surface area contributed by atoms with E-state index >= 15 is 0 Å². The Hall–Kier alpha value is -5.72. The summed E-state index contributed by atoms with van der Waals surface area (Å²) in [6, 6.07) is 35.8. The van der Waals surface area contributed by atoms with Crippen molar-refractivity contribution in [3.63, 3.8) is 0 Å². The average Bonchev–Trinajstić information content (AvgIpc) is 3.05. The monoisotopic (exact) mass is 664 g/mol. The molecular weight excluding hydrogens is 637 g/mol. The van der Waals surface area contributed by atoms with Crippen molar-refractivity contribution >= 4 is 65.0 Å². The van der Waals surface area contributed by atoms with Gasteiger partial charge in [-0.15, -0.1) is 0 Å². The van der Waals surface area contributed by atoms with E-state index in [1.165, 1.54) is 12.1 Å². The Morgan fingerprint density at radius 3 is 1.21 bits per heavy atom. The lowest BCUT2D eigenvalue weighted by Gasteiger charge is -2.12. The Balaban J connectivity index is 1.03. The summed E-state index contributed by atoms with van der Waals surface area (Å²) in [5.74, 6) is 0. The molecule has 10 nitrogen and oxygen atoms in total. The van der Waals surface area contributed by atoms with Crippen LogP contribution < -0.4 is 20.1 Å². The van der Waals surface area contributed by atoms with E-state index in [2.05, 4.69) is 20.1 Å². The molecule has 0 aliphatic rings. The maximum atomic E-state index is 12.9. The second-order valence-corrected chi connectivity index (χ2v) is 13.9. The lowest BCUT2D eigenvalue weighted by molar-refractivity contribution is 0.255. The minimum absolute atomic E-state index is 0.00824. The molecule has 0 radical (unpaired) electrons. The fraction of sp³-hybridized carbons (Fsp3) is 0.0286.